The van der Waals surface area contributed by atoms with Crippen molar-refractivity contribution in [2.24, 2.45) is 5.92 Å². The highest BCUT2D eigenvalue weighted by Gasteiger charge is 2.46. The topological polar surface area (TPSA) is 66.8 Å². The second kappa shape index (κ2) is 9.30. The van der Waals surface area contributed by atoms with Crippen molar-refractivity contribution in [3.8, 4) is 5.75 Å². The van der Waals surface area contributed by atoms with Crippen LogP contribution in [0.3, 0.4) is 0 Å². The van der Waals surface area contributed by atoms with Gasteiger partial charge in [-0.15, -0.1) is 22.7 Å². The van der Waals surface area contributed by atoms with Gasteiger partial charge in [-0.25, -0.2) is 0 Å². The molecule has 4 rings (SSSR count). The molecule has 3 heterocycles. The van der Waals surface area contributed by atoms with Gasteiger partial charge in [-0.3, -0.25) is 9.59 Å². The van der Waals surface area contributed by atoms with Crippen LogP contribution in [0.1, 0.15) is 40.8 Å². The van der Waals surface area contributed by atoms with Crippen molar-refractivity contribution in [3.05, 3.63) is 79.7 Å². The van der Waals surface area contributed by atoms with E-state index in [-0.39, 0.29) is 11.3 Å². The Morgan fingerprint density at radius 3 is 2.50 bits per heavy atom. The zero-order chi connectivity index (χ0) is 22.8. The lowest BCUT2D eigenvalue weighted by Crippen LogP contribution is -2.28. The first-order valence-corrected chi connectivity index (χ1v) is 12.2. The van der Waals surface area contributed by atoms with E-state index in [9.17, 15) is 14.7 Å². The van der Waals surface area contributed by atoms with Crippen LogP contribution in [0.4, 0.5) is 0 Å². The Morgan fingerprint density at radius 1 is 1.12 bits per heavy atom. The summed E-state index contributed by atoms with van der Waals surface area (Å²) in [4.78, 5) is 29.4. The molecule has 7 heteroatoms. The number of nitrogens with zero attached hydrogens (tertiary/aromatic N) is 1. The van der Waals surface area contributed by atoms with Gasteiger partial charge in [-0.2, -0.15) is 0 Å². The average Bonchev–Trinajstić information content (AvgIpc) is 3.51. The van der Waals surface area contributed by atoms with Gasteiger partial charge in [0.15, 0.2) is 0 Å². The van der Waals surface area contributed by atoms with Crippen LogP contribution in [0, 0.1) is 12.8 Å². The van der Waals surface area contributed by atoms with E-state index in [0.717, 1.165) is 21.1 Å². The molecule has 3 aromatic rings. The Kier molecular flexibility index (Phi) is 6.48. The van der Waals surface area contributed by atoms with Gasteiger partial charge in [0, 0.05) is 15.3 Å². The maximum Gasteiger partial charge on any atom is 0.296 e. The smallest absolute Gasteiger partial charge is 0.296 e. The first-order valence-electron chi connectivity index (χ1n) is 10.4. The van der Waals surface area contributed by atoms with Crippen molar-refractivity contribution in [3.63, 3.8) is 0 Å². The molecular weight excluding hydrogens is 442 g/mol. The number of ether oxygens (including phenoxy) is 1. The number of hydrogen-bond acceptors (Lipinski definition) is 6. The molecule has 1 unspecified atom stereocenters. The number of carbonyl (C=O) groups is 2. The van der Waals surface area contributed by atoms with Crippen molar-refractivity contribution >= 4 is 40.1 Å². The molecule has 1 fully saturated rings. The van der Waals surface area contributed by atoms with Crippen molar-refractivity contribution in [1.29, 1.82) is 0 Å². The lowest BCUT2D eigenvalue weighted by atomic mass is 9.98. The number of ketones is 1. The summed E-state index contributed by atoms with van der Waals surface area (Å²) in [7, 11) is 0. The standard InChI is InChI=1S/C25H25NO4S2/c1-15(2)14-30-19-9-8-17(12-16(19)3)23(27)21-22(20-7-5-11-32-20)26(25(29)24(21)28)13-18-6-4-10-31-18/h4-12,15,22,27H,13-14H2,1-3H3/b23-21-. The lowest BCUT2D eigenvalue weighted by molar-refractivity contribution is -0.140. The van der Waals surface area contributed by atoms with Gasteiger partial charge < -0.3 is 14.7 Å². The molecule has 1 amide bonds. The van der Waals surface area contributed by atoms with Gasteiger partial charge in [0.05, 0.1) is 18.7 Å². The fourth-order valence-corrected chi connectivity index (χ4v) is 5.27. The van der Waals surface area contributed by atoms with Crippen molar-refractivity contribution in [2.45, 2.75) is 33.4 Å². The van der Waals surface area contributed by atoms with Crippen LogP contribution in [0.5, 0.6) is 5.75 Å². The Balaban J connectivity index is 1.75. The van der Waals surface area contributed by atoms with E-state index in [0.29, 0.717) is 24.6 Å². The van der Waals surface area contributed by atoms with Gasteiger partial charge in [-0.1, -0.05) is 26.0 Å². The monoisotopic (exact) mass is 467 g/mol. The molecule has 2 aromatic heterocycles. The molecule has 1 aromatic carbocycles. The molecule has 166 valence electrons. The maximum absolute atomic E-state index is 13.1. The predicted octanol–water partition coefficient (Wildman–Crippen LogP) is 5.77. The summed E-state index contributed by atoms with van der Waals surface area (Å²) in [6.45, 7) is 6.98. The second-order valence-corrected chi connectivity index (χ2v) is 10.2. The number of likely N-dealkylation sites (tertiary alicyclic amines) is 1. The molecule has 0 aliphatic carbocycles. The molecule has 1 N–H and O–H groups in total. The van der Waals surface area contributed by atoms with E-state index < -0.39 is 17.7 Å². The molecule has 0 spiro atoms. The van der Waals surface area contributed by atoms with E-state index in [1.165, 1.54) is 22.7 Å². The van der Waals surface area contributed by atoms with E-state index in [4.69, 9.17) is 4.74 Å². The van der Waals surface area contributed by atoms with Crippen molar-refractivity contribution in [1.82, 2.24) is 4.90 Å². The van der Waals surface area contributed by atoms with Crippen LogP contribution in [-0.4, -0.2) is 28.3 Å². The zero-order valence-electron chi connectivity index (χ0n) is 18.2. The van der Waals surface area contributed by atoms with Crippen LogP contribution in [0.2, 0.25) is 0 Å². The van der Waals surface area contributed by atoms with Gasteiger partial charge in [0.1, 0.15) is 17.6 Å². The number of benzene rings is 1. The number of rotatable bonds is 7. The summed E-state index contributed by atoms with van der Waals surface area (Å²) in [5.41, 5.74) is 1.48. The molecule has 1 aliphatic rings. The second-order valence-electron chi connectivity index (χ2n) is 8.21. The molecule has 5 nitrogen and oxygen atoms in total. The molecule has 0 radical (unpaired) electrons. The number of carbonyl (C=O) groups excluding carboxylic acids is 2. The van der Waals surface area contributed by atoms with Crippen LogP contribution in [0.15, 0.2) is 58.8 Å². The third-order valence-electron chi connectivity index (χ3n) is 5.28. The minimum absolute atomic E-state index is 0.129. The van der Waals surface area contributed by atoms with Crippen LogP contribution < -0.4 is 4.74 Å². The van der Waals surface area contributed by atoms with E-state index in [1.807, 2.05) is 41.9 Å². The van der Waals surface area contributed by atoms with Crippen LogP contribution in [-0.2, 0) is 16.1 Å². The van der Waals surface area contributed by atoms with E-state index in [1.54, 1.807) is 23.1 Å². The lowest BCUT2D eigenvalue weighted by Gasteiger charge is -2.23. The Hall–Kier alpha value is -2.90. The maximum atomic E-state index is 13.1. The molecule has 0 bridgehead atoms. The molecule has 1 aliphatic heterocycles. The Bertz CT molecular complexity index is 1150. The average molecular weight is 468 g/mol. The molecule has 0 saturated carbocycles. The van der Waals surface area contributed by atoms with Gasteiger partial charge in [0.25, 0.3) is 11.7 Å². The third-order valence-corrected chi connectivity index (χ3v) is 7.07. The largest absolute Gasteiger partial charge is 0.507 e. The number of aliphatic hydroxyl groups excluding tert-OH is 1. The summed E-state index contributed by atoms with van der Waals surface area (Å²) in [6, 6.07) is 12.3. The number of amides is 1. The Labute approximate surface area is 195 Å². The number of thiophene rings is 2. The summed E-state index contributed by atoms with van der Waals surface area (Å²) in [6.07, 6.45) is 0. The summed E-state index contributed by atoms with van der Waals surface area (Å²) >= 11 is 3.00. The highest BCUT2D eigenvalue weighted by Crippen LogP contribution is 2.42. The summed E-state index contributed by atoms with van der Waals surface area (Å²) in [5, 5.41) is 15.1. The first kappa shape index (κ1) is 22.3. The number of aliphatic hydroxyl groups is 1. The summed E-state index contributed by atoms with van der Waals surface area (Å²) in [5.74, 6) is -0.271. The van der Waals surface area contributed by atoms with Gasteiger partial charge in [-0.05, 0) is 59.5 Å². The quantitative estimate of drug-likeness (QED) is 0.272. The predicted molar refractivity (Wildman–Crippen MR) is 128 cm³/mol. The van der Waals surface area contributed by atoms with Crippen molar-refractivity contribution in [2.75, 3.05) is 6.61 Å². The zero-order valence-corrected chi connectivity index (χ0v) is 19.8. The number of aryl methyl sites for hydroxylation is 1. The molecular formula is C25H25NO4S2. The normalized spacial score (nSPS) is 18.0. The van der Waals surface area contributed by atoms with Crippen molar-refractivity contribution < 1.29 is 19.4 Å². The molecule has 1 saturated heterocycles. The highest BCUT2D eigenvalue weighted by molar-refractivity contribution is 7.10. The molecule has 32 heavy (non-hydrogen) atoms. The van der Waals surface area contributed by atoms with Crippen LogP contribution >= 0.6 is 22.7 Å². The first-order chi connectivity index (χ1) is 15.4. The van der Waals surface area contributed by atoms with E-state index >= 15 is 0 Å². The SMILES string of the molecule is Cc1cc(/C(O)=C2/C(=O)C(=O)N(Cc3cccs3)C2c2cccs2)ccc1OCC(C)C. The minimum Gasteiger partial charge on any atom is -0.507 e. The fraction of sp³-hybridized carbons (Fsp3) is 0.280. The van der Waals surface area contributed by atoms with Gasteiger partial charge in [0.2, 0.25) is 0 Å². The highest BCUT2D eigenvalue weighted by atomic mass is 32.1. The summed E-state index contributed by atoms with van der Waals surface area (Å²) < 4.78 is 5.83. The molecule has 1 atom stereocenters. The fourth-order valence-electron chi connectivity index (χ4n) is 3.73. The Morgan fingerprint density at radius 2 is 1.88 bits per heavy atom. The number of hydrogen-bond donors (Lipinski definition) is 1. The minimum atomic E-state index is -0.657. The van der Waals surface area contributed by atoms with E-state index in [2.05, 4.69) is 13.8 Å². The number of Topliss-reactive ketones (excluding diaryl/α,β-unsaturated/α-hetero) is 1. The van der Waals surface area contributed by atoms with Gasteiger partial charge >= 0.3 is 0 Å². The third kappa shape index (κ3) is 4.36. The van der Waals surface area contributed by atoms with Crippen LogP contribution in [0.25, 0.3) is 5.76 Å².